The first kappa shape index (κ1) is 18.2. The van der Waals surface area contributed by atoms with Gasteiger partial charge < -0.3 is 20.0 Å². The molecule has 1 N–H and O–H groups in total. The Kier molecular flexibility index (Phi) is 5.73. The highest BCUT2D eigenvalue weighted by molar-refractivity contribution is 5.93. The number of nitrogens with zero attached hydrogens (tertiary/aromatic N) is 1. The number of carbonyl (C=O) groups excluding carboxylic acids is 1. The van der Waals surface area contributed by atoms with Crippen LogP contribution in [0.2, 0.25) is 0 Å². The van der Waals surface area contributed by atoms with Crippen molar-refractivity contribution >= 4 is 5.91 Å². The first-order valence-corrected chi connectivity index (χ1v) is 8.91. The number of rotatable bonds is 6. The molecule has 2 aromatic rings. The lowest BCUT2D eigenvalue weighted by atomic mass is 9.74. The Morgan fingerprint density at radius 2 is 1.85 bits per heavy atom. The molecule has 26 heavy (non-hydrogen) atoms. The van der Waals surface area contributed by atoms with Crippen LogP contribution in [0.5, 0.6) is 5.75 Å². The molecule has 1 aliphatic rings. The van der Waals surface area contributed by atoms with E-state index in [-0.39, 0.29) is 11.3 Å². The van der Waals surface area contributed by atoms with Gasteiger partial charge in [0.05, 0.1) is 12.2 Å². The average molecular weight is 356 g/mol. The quantitative estimate of drug-likeness (QED) is 0.636. The lowest BCUT2D eigenvalue weighted by Gasteiger charge is -2.38. The van der Waals surface area contributed by atoms with E-state index in [2.05, 4.69) is 17.4 Å². The van der Waals surface area contributed by atoms with Crippen LogP contribution in [0.4, 0.5) is 0 Å². The second-order valence-electron chi connectivity index (χ2n) is 6.48. The van der Waals surface area contributed by atoms with E-state index in [0.29, 0.717) is 36.7 Å². The molecule has 2 heterocycles. The highest BCUT2D eigenvalue weighted by Gasteiger charge is 2.35. The van der Waals surface area contributed by atoms with Crippen LogP contribution in [-0.2, 0) is 10.2 Å². The van der Waals surface area contributed by atoms with Crippen molar-refractivity contribution in [3.05, 3.63) is 65.1 Å². The predicted molar refractivity (Wildman–Crippen MR) is 97.1 cm³/mol. The summed E-state index contributed by atoms with van der Waals surface area (Å²) >= 11 is 0. The number of carbonyl (C=O) groups is 1. The third-order valence-electron chi connectivity index (χ3n) is 4.88. The molecule has 0 atom stereocenters. The van der Waals surface area contributed by atoms with Crippen molar-refractivity contribution in [1.29, 1.82) is 0 Å². The maximum atomic E-state index is 12.4. The first-order valence-electron chi connectivity index (χ1n) is 8.91. The fraction of sp³-hybridized carbons (Fsp3) is 0.400. The van der Waals surface area contributed by atoms with Crippen molar-refractivity contribution < 1.29 is 19.0 Å². The van der Waals surface area contributed by atoms with E-state index in [1.54, 1.807) is 0 Å². The molecule has 1 aromatic heterocycles. The van der Waals surface area contributed by atoms with Crippen LogP contribution in [0, 0.1) is 5.21 Å². The van der Waals surface area contributed by atoms with Crippen LogP contribution in [0.1, 0.15) is 35.7 Å². The van der Waals surface area contributed by atoms with Crippen molar-refractivity contribution in [1.82, 2.24) is 5.32 Å². The number of nitrogens with one attached hydrogen (secondary N) is 1. The lowest BCUT2D eigenvalue weighted by molar-refractivity contribution is -0.605. The molecule has 6 heteroatoms. The Hall–Kier alpha value is -2.60. The Morgan fingerprint density at radius 1 is 1.19 bits per heavy atom. The van der Waals surface area contributed by atoms with Crippen LogP contribution in [-0.4, -0.2) is 32.3 Å². The molecule has 1 saturated heterocycles. The highest BCUT2D eigenvalue weighted by Crippen LogP contribution is 2.35. The third kappa shape index (κ3) is 4.14. The first-order chi connectivity index (χ1) is 12.6. The maximum Gasteiger partial charge on any atom is 0.251 e. The van der Waals surface area contributed by atoms with Crippen LogP contribution < -0.4 is 14.8 Å². The summed E-state index contributed by atoms with van der Waals surface area (Å²) in [4.78, 5) is 12.4. The topological polar surface area (TPSA) is 74.5 Å². The van der Waals surface area contributed by atoms with Crippen LogP contribution in [0.3, 0.4) is 0 Å². The maximum absolute atomic E-state index is 12.4. The zero-order valence-corrected chi connectivity index (χ0v) is 14.9. The second kappa shape index (κ2) is 8.19. The molecule has 0 saturated carbocycles. The predicted octanol–water partition coefficient (Wildman–Crippen LogP) is 2.20. The molecule has 0 aliphatic carbocycles. The van der Waals surface area contributed by atoms with Gasteiger partial charge in [0.1, 0.15) is 5.75 Å². The summed E-state index contributed by atoms with van der Waals surface area (Å²) in [6, 6.07) is 11.1. The van der Waals surface area contributed by atoms with Crippen molar-refractivity contribution in [2.45, 2.75) is 25.2 Å². The van der Waals surface area contributed by atoms with Gasteiger partial charge in [-0.15, -0.1) is 0 Å². The van der Waals surface area contributed by atoms with E-state index in [9.17, 15) is 10.0 Å². The highest BCUT2D eigenvalue weighted by atomic mass is 16.5. The second-order valence-corrected chi connectivity index (χ2v) is 6.48. The summed E-state index contributed by atoms with van der Waals surface area (Å²) in [5.74, 6) is 0.667. The van der Waals surface area contributed by atoms with Gasteiger partial charge in [-0.25, -0.2) is 0 Å². The zero-order chi connectivity index (χ0) is 18.4. The van der Waals surface area contributed by atoms with Crippen molar-refractivity contribution in [3.8, 4) is 5.75 Å². The zero-order valence-electron chi connectivity index (χ0n) is 14.9. The van der Waals surface area contributed by atoms with Gasteiger partial charge in [-0.3, -0.25) is 4.79 Å². The Morgan fingerprint density at radius 3 is 2.46 bits per heavy atom. The molecular formula is C20H24N2O4. The van der Waals surface area contributed by atoms with Crippen LogP contribution in [0.25, 0.3) is 0 Å². The van der Waals surface area contributed by atoms with Gasteiger partial charge in [0.2, 0.25) is 0 Å². The largest absolute Gasteiger partial charge is 0.619 e. The Balaban J connectivity index is 1.74. The van der Waals surface area contributed by atoms with Crippen molar-refractivity contribution in [2.24, 2.45) is 0 Å². The molecule has 6 nitrogen and oxygen atoms in total. The van der Waals surface area contributed by atoms with Gasteiger partial charge in [0, 0.05) is 37.3 Å². The smallest absolute Gasteiger partial charge is 0.251 e. The van der Waals surface area contributed by atoms with Gasteiger partial charge in [0.15, 0.2) is 12.4 Å². The summed E-state index contributed by atoms with van der Waals surface area (Å²) in [6.45, 7) is 4.46. The SMILES string of the molecule is CCOc1ccc(C2(CNC(=O)c3cc[n+]([O-])cc3)CCOCC2)cc1. The molecule has 1 aliphatic heterocycles. The van der Waals surface area contributed by atoms with Gasteiger partial charge in [0.25, 0.3) is 5.91 Å². The van der Waals surface area contributed by atoms with E-state index in [1.807, 2.05) is 19.1 Å². The summed E-state index contributed by atoms with van der Waals surface area (Å²) in [5, 5.41) is 14.2. The van der Waals surface area contributed by atoms with E-state index in [0.717, 1.165) is 18.6 Å². The van der Waals surface area contributed by atoms with Gasteiger partial charge in [-0.2, -0.15) is 4.73 Å². The van der Waals surface area contributed by atoms with Crippen molar-refractivity contribution in [2.75, 3.05) is 26.4 Å². The van der Waals surface area contributed by atoms with Crippen LogP contribution >= 0.6 is 0 Å². The average Bonchev–Trinajstić information content (AvgIpc) is 2.68. The molecule has 0 unspecified atom stereocenters. The Bertz CT molecular complexity index is 722. The van der Waals surface area contributed by atoms with E-state index in [4.69, 9.17) is 9.47 Å². The number of ether oxygens (including phenoxy) is 2. The van der Waals surface area contributed by atoms with E-state index >= 15 is 0 Å². The summed E-state index contributed by atoms with van der Waals surface area (Å²) in [7, 11) is 0. The van der Waals surface area contributed by atoms with Gasteiger partial charge in [-0.05, 0) is 37.5 Å². The lowest BCUT2D eigenvalue weighted by Crippen LogP contribution is -2.44. The standard InChI is InChI=1S/C20H24N2O4/c1-2-26-18-5-3-17(4-6-18)20(9-13-25-14-10-20)15-21-19(23)16-7-11-22(24)12-8-16/h3-8,11-12H,2,9-10,13-15H2,1H3,(H,21,23). The van der Waals surface area contributed by atoms with E-state index in [1.165, 1.54) is 30.1 Å². The number of pyridine rings is 1. The molecule has 3 rings (SSSR count). The number of benzene rings is 1. The van der Waals surface area contributed by atoms with Gasteiger partial charge >= 0.3 is 0 Å². The van der Waals surface area contributed by atoms with Crippen LogP contribution in [0.15, 0.2) is 48.8 Å². The molecule has 1 fully saturated rings. The monoisotopic (exact) mass is 356 g/mol. The number of amides is 1. The van der Waals surface area contributed by atoms with Gasteiger partial charge in [-0.1, -0.05) is 12.1 Å². The normalized spacial score (nSPS) is 16.0. The molecule has 138 valence electrons. The minimum Gasteiger partial charge on any atom is -0.619 e. The molecule has 0 radical (unpaired) electrons. The molecule has 0 bridgehead atoms. The summed E-state index contributed by atoms with van der Waals surface area (Å²) in [5.41, 5.74) is 1.49. The summed E-state index contributed by atoms with van der Waals surface area (Å²) < 4.78 is 11.7. The number of aromatic nitrogens is 1. The third-order valence-corrected chi connectivity index (χ3v) is 4.88. The molecule has 1 amide bonds. The fourth-order valence-corrected chi connectivity index (χ4v) is 3.32. The number of hydrogen-bond donors (Lipinski definition) is 1. The molecule has 1 aromatic carbocycles. The minimum absolute atomic E-state index is 0.161. The molecular weight excluding hydrogens is 332 g/mol. The minimum atomic E-state index is -0.178. The van der Waals surface area contributed by atoms with E-state index < -0.39 is 0 Å². The Labute approximate surface area is 153 Å². The fourth-order valence-electron chi connectivity index (χ4n) is 3.32. The molecule has 0 spiro atoms. The van der Waals surface area contributed by atoms with Crippen molar-refractivity contribution in [3.63, 3.8) is 0 Å². The number of hydrogen-bond acceptors (Lipinski definition) is 4. The summed E-state index contributed by atoms with van der Waals surface area (Å²) in [6.07, 6.45) is 4.34.